The Labute approximate surface area is 131 Å². The van der Waals surface area contributed by atoms with Gasteiger partial charge < -0.3 is 9.47 Å². The molecule has 0 atom stereocenters. The van der Waals surface area contributed by atoms with Crippen molar-refractivity contribution in [3.8, 4) is 0 Å². The van der Waals surface area contributed by atoms with Gasteiger partial charge in [0, 0.05) is 34.4 Å². The fourth-order valence-electron chi connectivity index (χ4n) is 2.43. The number of halogens is 1. The van der Waals surface area contributed by atoms with E-state index in [1.165, 1.54) is 4.90 Å². The summed E-state index contributed by atoms with van der Waals surface area (Å²) in [5.74, 6) is 1.02. The zero-order valence-corrected chi connectivity index (χ0v) is 13.6. The topological polar surface area (TPSA) is 25.2 Å². The van der Waals surface area contributed by atoms with E-state index in [9.17, 15) is 4.79 Å². The standard InChI is InChI=1S/C15H15BrN2OS/c1-2-17-10-11(16)9-13(17)15(19)18-7-8-20-14-6-4-3-5-12(14)18/h3-6,9-10H,2,7-8H2,1H3. The number of aromatic nitrogens is 1. The summed E-state index contributed by atoms with van der Waals surface area (Å²) >= 11 is 5.26. The first-order chi connectivity index (χ1) is 9.70. The van der Waals surface area contributed by atoms with Crippen LogP contribution in [0.3, 0.4) is 0 Å². The fraction of sp³-hybridized carbons (Fsp3) is 0.267. The van der Waals surface area contributed by atoms with Gasteiger partial charge in [-0.15, -0.1) is 11.8 Å². The lowest BCUT2D eigenvalue weighted by Crippen LogP contribution is -2.36. The van der Waals surface area contributed by atoms with Gasteiger partial charge in [-0.2, -0.15) is 0 Å². The van der Waals surface area contributed by atoms with Gasteiger partial charge in [-0.25, -0.2) is 0 Å². The Balaban J connectivity index is 1.99. The molecule has 104 valence electrons. The van der Waals surface area contributed by atoms with Crippen LogP contribution in [0.4, 0.5) is 5.69 Å². The van der Waals surface area contributed by atoms with E-state index in [-0.39, 0.29) is 5.91 Å². The number of hydrogen-bond donors (Lipinski definition) is 0. The predicted molar refractivity (Wildman–Crippen MR) is 86.6 cm³/mol. The van der Waals surface area contributed by atoms with Crippen molar-refractivity contribution in [3.05, 3.63) is 46.7 Å². The number of benzene rings is 1. The number of hydrogen-bond acceptors (Lipinski definition) is 2. The molecule has 2 aromatic rings. The van der Waals surface area contributed by atoms with E-state index in [0.29, 0.717) is 0 Å². The Morgan fingerprint density at radius 3 is 3.00 bits per heavy atom. The summed E-state index contributed by atoms with van der Waals surface area (Å²) in [6, 6.07) is 10.0. The van der Waals surface area contributed by atoms with E-state index >= 15 is 0 Å². The third-order valence-electron chi connectivity index (χ3n) is 3.40. The summed E-state index contributed by atoms with van der Waals surface area (Å²) in [5.41, 5.74) is 1.76. The van der Waals surface area contributed by atoms with E-state index in [4.69, 9.17) is 0 Å². The summed E-state index contributed by atoms with van der Waals surface area (Å²) < 4.78 is 2.93. The molecular formula is C15H15BrN2OS. The molecule has 0 radical (unpaired) electrons. The van der Waals surface area contributed by atoms with Crippen LogP contribution in [-0.2, 0) is 6.54 Å². The summed E-state index contributed by atoms with van der Waals surface area (Å²) in [7, 11) is 0. The third-order valence-corrected chi connectivity index (χ3v) is 4.87. The lowest BCUT2D eigenvalue weighted by Gasteiger charge is -2.29. The van der Waals surface area contributed by atoms with Gasteiger partial charge in [-0.3, -0.25) is 4.79 Å². The summed E-state index contributed by atoms with van der Waals surface area (Å²) in [5, 5.41) is 0. The van der Waals surface area contributed by atoms with Crippen molar-refractivity contribution >= 4 is 39.3 Å². The van der Waals surface area contributed by atoms with Crippen molar-refractivity contribution < 1.29 is 4.79 Å². The highest BCUT2D eigenvalue weighted by atomic mass is 79.9. The molecule has 3 rings (SSSR count). The number of aryl methyl sites for hydroxylation is 1. The van der Waals surface area contributed by atoms with Crippen molar-refractivity contribution in [2.24, 2.45) is 0 Å². The third kappa shape index (κ3) is 2.40. The number of para-hydroxylation sites is 1. The van der Waals surface area contributed by atoms with Gasteiger partial charge in [0.25, 0.3) is 5.91 Å². The molecule has 1 aromatic heterocycles. The Morgan fingerprint density at radius 1 is 1.40 bits per heavy atom. The first kappa shape index (κ1) is 13.8. The monoisotopic (exact) mass is 350 g/mol. The average Bonchev–Trinajstić information content (AvgIpc) is 2.87. The van der Waals surface area contributed by atoms with Gasteiger partial charge in [-0.1, -0.05) is 12.1 Å². The zero-order chi connectivity index (χ0) is 14.1. The van der Waals surface area contributed by atoms with Crippen LogP contribution < -0.4 is 4.90 Å². The van der Waals surface area contributed by atoms with Gasteiger partial charge >= 0.3 is 0 Å². The SMILES string of the molecule is CCn1cc(Br)cc1C(=O)N1CCSc2ccccc21. The second kappa shape index (κ2) is 5.66. The molecule has 0 bridgehead atoms. The lowest BCUT2D eigenvalue weighted by molar-refractivity contribution is 0.0979. The number of carbonyl (C=O) groups is 1. The first-order valence-electron chi connectivity index (χ1n) is 6.60. The number of anilines is 1. The average molecular weight is 351 g/mol. The van der Waals surface area contributed by atoms with Crippen LogP contribution >= 0.6 is 27.7 Å². The molecule has 0 unspecified atom stereocenters. The first-order valence-corrected chi connectivity index (χ1v) is 8.38. The summed E-state index contributed by atoms with van der Waals surface area (Å²) in [6.45, 7) is 3.59. The van der Waals surface area contributed by atoms with Crippen LogP contribution in [0.25, 0.3) is 0 Å². The van der Waals surface area contributed by atoms with Gasteiger partial charge in [0.1, 0.15) is 5.69 Å². The molecule has 20 heavy (non-hydrogen) atoms. The molecule has 5 heteroatoms. The number of fused-ring (bicyclic) bond motifs is 1. The largest absolute Gasteiger partial charge is 0.343 e. The number of carbonyl (C=O) groups excluding carboxylic acids is 1. The molecule has 1 aliphatic heterocycles. The highest BCUT2D eigenvalue weighted by Crippen LogP contribution is 2.35. The van der Waals surface area contributed by atoms with Crippen LogP contribution in [0.2, 0.25) is 0 Å². The fourth-order valence-corrected chi connectivity index (χ4v) is 3.89. The minimum atomic E-state index is 0.0744. The van der Waals surface area contributed by atoms with Gasteiger partial charge in [0.05, 0.1) is 5.69 Å². The molecule has 2 heterocycles. The number of thioether (sulfide) groups is 1. The maximum atomic E-state index is 12.8. The van der Waals surface area contributed by atoms with Gasteiger partial charge in [-0.05, 0) is 41.1 Å². The normalized spacial score (nSPS) is 14.2. The van der Waals surface area contributed by atoms with Crippen LogP contribution in [0.1, 0.15) is 17.4 Å². The summed E-state index contributed by atoms with van der Waals surface area (Å²) in [4.78, 5) is 15.9. The maximum absolute atomic E-state index is 12.8. The molecule has 1 aromatic carbocycles. The molecule has 0 N–H and O–H groups in total. The Morgan fingerprint density at radius 2 is 2.20 bits per heavy atom. The van der Waals surface area contributed by atoms with Gasteiger partial charge in [0.15, 0.2) is 0 Å². The molecule has 1 amide bonds. The minimum Gasteiger partial charge on any atom is -0.343 e. The van der Waals surface area contributed by atoms with Crippen molar-refractivity contribution in [2.45, 2.75) is 18.4 Å². The molecule has 0 fully saturated rings. The number of rotatable bonds is 2. The second-order valence-electron chi connectivity index (χ2n) is 4.60. The Kier molecular flexibility index (Phi) is 3.89. The maximum Gasteiger partial charge on any atom is 0.274 e. The van der Waals surface area contributed by atoms with Crippen molar-refractivity contribution in [3.63, 3.8) is 0 Å². The molecule has 1 aliphatic rings. The second-order valence-corrected chi connectivity index (χ2v) is 6.65. The van der Waals surface area contributed by atoms with Crippen LogP contribution in [0, 0.1) is 0 Å². The molecule has 0 spiro atoms. The number of nitrogens with zero attached hydrogens (tertiary/aromatic N) is 2. The van der Waals surface area contributed by atoms with Crippen LogP contribution in [-0.4, -0.2) is 22.8 Å². The smallest absolute Gasteiger partial charge is 0.274 e. The minimum absolute atomic E-state index is 0.0744. The van der Waals surface area contributed by atoms with E-state index < -0.39 is 0 Å². The van der Waals surface area contributed by atoms with Crippen molar-refractivity contribution in [1.82, 2.24) is 4.57 Å². The van der Waals surface area contributed by atoms with Crippen molar-refractivity contribution in [2.75, 3.05) is 17.2 Å². The summed E-state index contributed by atoms with van der Waals surface area (Å²) in [6.07, 6.45) is 1.96. The van der Waals surface area contributed by atoms with Gasteiger partial charge in [0.2, 0.25) is 0 Å². The lowest BCUT2D eigenvalue weighted by atomic mass is 10.2. The Hall–Kier alpha value is -1.20. The van der Waals surface area contributed by atoms with Crippen LogP contribution in [0.15, 0.2) is 45.9 Å². The Bertz CT molecular complexity index is 653. The molecule has 0 aliphatic carbocycles. The van der Waals surface area contributed by atoms with E-state index in [2.05, 4.69) is 22.0 Å². The quantitative estimate of drug-likeness (QED) is 0.817. The van der Waals surface area contributed by atoms with E-state index in [0.717, 1.165) is 34.7 Å². The van der Waals surface area contributed by atoms with E-state index in [1.807, 2.05) is 58.6 Å². The van der Waals surface area contributed by atoms with Crippen molar-refractivity contribution in [1.29, 1.82) is 0 Å². The molecule has 3 nitrogen and oxygen atoms in total. The highest BCUT2D eigenvalue weighted by Gasteiger charge is 2.25. The number of amides is 1. The molecule has 0 saturated carbocycles. The predicted octanol–water partition coefficient (Wildman–Crippen LogP) is 4.02. The molecular weight excluding hydrogens is 336 g/mol. The van der Waals surface area contributed by atoms with Crippen LogP contribution in [0.5, 0.6) is 0 Å². The zero-order valence-electron chi connectivity index (χ0n) is 11.2. The van der Waals surface area contributed by atoms with E-state index in [1.54, 1.807) is 0 Å². The molecule has 0 saturated heterocycles. The highest BCUT2D eigenvalue weighted by molar-refractivity contribution is 9.10.